The monoisotopic (exact) mass is 361 g/mol. The summed E-state index contributed by atoms with van der Waals surface area (Å²) >= 11 is 0. The van der Waals surface area contributed by atoms with E-state index >= 15 is 0 Å². The highest BCUT2D eigenvalue weighted by molar-refractivity contribution is 5.93. The SMILES string of the molecule is Cc1oncc1-c1ccc(NC(=O)[C@H](C)C2CCCc3ccncc32)cc1. The highest BCUT2D eigenvalue weighted by Crippen LogP contribution is 2.37. The zero-order valence-electron chi connectivity index (χ0n) is 15.6. The number of aryl methyl sites for hydroxylation is 2. The number of aromatic nitrogens is 2. The number of nitrogens with zero attached hydrogens (tertiary/aromatic N) is 2. The van der Waals surface area contributed by atoms with Crippen LogP contribution in [-0.2, 0) is 11.2 Å². The van der Waals surface area contributed by atoms with E-state index in [1.54, 1.807) is 6.20 Å². The van der Waals surface area contributed by atoms with Crippen LogP contribution < -0.4 is 5.32 Å². The molecule has 1 N–H and O–H groups in total. The number of hydrogen-bond donors (Lipinski definition) is 1. The highest BCUT2D eigenvalue weighted by atomic mass is 16.5. The summed E-state index contributed by atoms with van der Waals surface area (Å²) in [5, 5.41) is 6.87. The lowest BCUT2D eigenvalue weighted by Gasteiger charge is -2.29. The lowest BCUT2D eigenvalue weighted by atomic mass is 9.77. The molecule has 5 nitrogen and oxygen atoms in total. The number of nitrogens with one attached hydrogen (secondary N) is 1. The third-order valence-corrected chi connectivity index (χ3v) is 5.54. The topological polar surface area (TPSA) is 68.0 Å². The van der Waals surface area contributed by atoms with Gasteiger partial charge in [0.15, 0.2) is 0 Å². The lowest BCUT2D eigenvalue weighted by molar-refractivity contribution is -0.120. The minimum absolute atomic E-state index is 0.0469. The fourth-order valence-electron chi connectivity index (χ4n) is 3.93. The Morgan fingerprint density at radius 2 is 2.04 bits per heavy atom. The standard InChI is InChI=1S/C22H23N3O2/c1-14(19-5-3-4-16-10-11-23-12-21(16)19)22(26)25-18-8-6-17(7-9-18)20-13-24-27-15(20)2/h6-14,19H,3-5H2,1-2H3,(H,25,26)/t14-,19?/m1/s1. The van der Waals surface area contributed by atoms with Crippen LogP contribution in [0.15, 0.2) is 53.4 Å². The highest BCUT2D eigenvalue weighted by Gasteiger charge is 2.29. The molecule has 1 aromatic carbocycles. The summed E-state index contributed by atoms with van der Waals surface area (Å²) in [6.07, 6.45) is 8.70. The first-order valence-electron chi connectivity index (χ1n) is 9.39. The number of carbonyl (C=O) groups is 1. The van der Waals surface area contributed by atoms with E-state index in [-0.39, 0.29) is 17.7 Å². The molecule has 1 amide bonds. The molecule has 0 radical (unpaired) electrons. The summed E-state index contributed by atoms with van der Waals surface area (Å²) in [6.45, 7) is 3.90. The molecule has 0 spiro atoms. The Balaban J connectivity index is 1.47. The van der Waals surface area contributed by atoms with Gasteiger partial charge < -0.3 is 9.84 Å². The van der Waals surface area contributed by atoms with Gasteiger partial charge in [-0.1, -0.05) is 24.2 Å². The third-order valence-electron chi connectivity index (χ3n) is 5.54. The lowest BCUT2D eigenvalue weighted by Crippen LogP contribution is -2.28. The van der Waals surface area contributed by atoms with Crippen LogP contribution in [0.2, 0.25) is 0 Å². The molecule has 0 aliphatic heterocycles. The van der Waals surface area contributed by atoms with Crippen molar-refractivity contribution in [1.29, 1.82) is 0 Å². The first-order chi connectivity index (χ1) is 13.1. The molecule has 2 atom stereocenters. The molecule has 5 heteroatoms. The van der Waals surface area contributed by atoms with Crippen LogP contribution in [0, 0.1) is 12.8 Å². The van der Waals surface area contributed by atoms with Gasteiger partial charge in [-0.25, -0.2) is 0 Å². The van der Waals surface area contributed by atoms with Gasteiger partial charge in [0.25, 0.3) is 0 Å². The van der Waals surface area contributed by atoms with Crippen LogP contribution >= 0.6 is 0 Å². The largest absolute Gasteiger partial charge is 0.361 e. The first-order valence-corrected chi connectivity index (χ1v) is 9.39. The van der Waals surface area contributed by atoms with Crippen LogP contribution in [0.1, 0.15) is 42.6 Å². The quantitative estimate of drug-likeness (QED) is 0.729. The molecule has 0 saturated carbocycles. The average Bonchev–Trinajstić information content (AvgIpc) is 3.13. The van der Waals surface area contributed by atoms with E-state index in [1.165, 1.54) is 11.1 Å². The van der Waals surface area contributed by atoms with Gasteiger partial charge in [0.05, 0.1) is 6.20 Å². The fraction of sp³-hybridized carbons (Fsp3) is 0.318. The van der Waals surface area contributed by atoms with Gasteiger partial charge >= 0.3 is 0 Å². The molecule has 0 saturated heterocycles. The van der Waals surface area contributed by atoms with Crippen molar-refractivity contribution in [3.05, 3.63) is 65.8 Å². The fourth-order valence-corrected chi connectivity index (χ4v) is 3.93. The maximum atomic E-state index is 12.8. The Hall–Kier alpha value is -2.95. The molecule has 2 heterocycles. The van der Waals surface area contributed by atoms with Gasteiger partial charge in [-0.15, -0.1) is 0 Å². The van der Waals surface area contributed by atoms with Crippen molar-refractivity contribution in [2.24, 2.45) is 5.92 Å². The number of benzene rings is 1. The summed E-state index contributed by atoms with van der Waals surface area (Å²) in [5.74, 6) is 0.949. The predicted octanol–water partition coefficient (Wildman–Crippen LogP) is 4.74. The third kappa shape index (κ3) is 3.50. The molecular weight excluding hydrogens is 338 g/mol. The van der Waals surface area contributed by atoms with Crippen molar-refractivity contribution in [2.45, 2.75) is 39.0 Å². The first kappa shape index (κ1) is 17.5. The summed E-state index contributed by atoms with van der Waals surface area (Å²) in [4.78, 5) is 17.1. The number of anilines is 1. The van der Waals surface area contributed by atoms with Gasteiger partial charge in [0.1, 0.15) is 5.76 Å². The van der Waals surface area contributed by atoms with E-state index in [2.05, 4.69) is 21.5 Å². The van der Waals surface area contributed by atoms with Crippen molar-refractivity contribution >= 4 is 11.6 Å². The second-order valence-electron chi connectivity index (χ2n) is 7.22. The minimum Gasteiger partial charge on any atom is -0.361 e. The second-order valence-corrected chi connectivity index (χ2v) is 7.22. The van der Waals surface area contributed by atoms with Crippen molar-refractivity contribution in [2.75, 3.05) is 5.32 Å². The molecule has 3 aromatic rings. The molecule has 1 aliphatic rings. The Labute approximate surface area is 158 Å². The van der Waals surface area contributed by atoms with E-state index in [1.807, 2.05) is 50.5 Å². The van der Waals surface area contributed by atoms with Crippen LogP contribution in [-0.4, -0.2) is 16.0 Å². The number of amides is 1. The molecule has 1 aliphatic carbocycles. The van der Waals surface area contributed by atoms with Crippen molar-refractivity contribution in [3.63, 3.8) is 0 Å². The van der Waals surface area contributed by atoms with E-state index in [4.69, 9.17) is 4.52 Å². The normalized spacial score (nSPS) is 17.2. The summed E-state index contributed by atoms with van der Waals surface area (Å²) < 4.78 is 5.12. The van der Waals surface area contributed by atoms with Crippen LogP contribution in [0.4, 0.5) is 5.69 Å². The maximum absolute atomic E-state index is 12.8. The van der Waals surface area contributed by atoms with E-state index in [9.17, 15) is 4.79 Å². The molecule has 0 bridgehead atoms. The number of carbonyl (C=O) groups excluding carboxylic acids is 1. The van der Waals surface area contributed by atoms with Crippen molar-refractivity contribution < 1.29 is 9.32 Å². The molecular formula is C22H23N3O2. The molecule has 0 fully saturated rings. The summed E-state index contributed by atoms with van der Waals surface area (Å²) in [5.41, 5.74) is 5.34. The van der Waals surface area contributed by atoms with Gasteiger partial charge in [0, 0.05) is 29.6 Å². The Morgan fingerprint density at radius 1 is 1.22 bits per heavy atom. The Morgan fingerprint density at radius 3 is 2.78 bits per heavy atom. The molecule has 4 rings (SSSR count). The van der Waals surface area contributed by atoms with Crippen LogP contribution in [0.5, 0.6) is 0 Å². The predicted molar refractivity (Wildman–Crippen MR) is 104 cm³/mol. The van der Waals surface area contributed by atoms with E-state index < -0.39 is 0 Å². The zero-order chi connectivity index (χ0) is 18.8. The van der Waals surface area contributed by atoms with E-state index in [0.29, 0.717) is 0 Å². The van der Waals surface area contributed by atoms with Gasteiger partial charge in [-0.05, 0) is 67.0 Å². The molecule has 138 valence electrons. The van der Waals surface area contributed by atoms with Gasteiger partial charge in [-0.2, -0.15) is 0 Å². The average molecular weight is 361 g/mol. The van der Waals surface area contributed by atoms with Gasteiger partial charge in [-0.3, -0.25) is 9.78 Å². The summed E-state index contributed by atoms with van der Waals surface area (Å²) in [7, 11) is 0. The van der Waals surface area contributed by atoms with Gasteiger partial charge in [0.2, 0.25) is 5.91 Å². The number of hydrogen-bond acceptors (Lipinski definition) is 4. The van der Waals surface area contributed by atoms with Crippen molar-refractivity contribution in [3.8, 4) is 11.1 Å². The Kier molecular flexibility index (Phi) is 4.75. The molecule has 27 heavy (non-hydrogen) atoms. The molecule has 1 unspecified atom stereocenters. The Bertz CT molecular complexity index is 946. The number of fused-ring (bicyclic) bond motifs is 1. The summed E-state index contributed by atoms with van der Waals surface area (Å²) in [6, 6.07) is 9.86. The minimum atomic E-state index is -0.103. The van der Waals surface area contributed by atoms with Crippen molar-refractivity contribution in [1.82, 2.24) is 10.1 Å². The maximum Gasteiger partial charge on any atom is 0.227 e. The number of rotatable bonds is 4. The van der Waals surface area contributed by atoms with Crippen LogP contribution in [0.3, 0.4) is 0 Å². The number of pyridine rings is 1. The zero-order valence-corrected chi connectivity index (χ0v) is 15.6. The second kappa shape index (κ2) is 7.35. The smallest absolute Gasteiger partial charge is 0.227 e. The van der Waals surface area contributed by atoms with E-state index in [0.717, 1.165) is 41.8 Å². The van der Waals surface area contributed by atoms with Crippen LogP contribution in [0.25, 0.3) is 11.1 Å². The molecule has 2 aromatic heterocycles.